The Morgan fingerprint density at radius 1 is 1.35 bits per heavy atom. The summed E-state index contributed by atoms with van der Waals surface area (Å²) in [6.45, 7) is 0. The minimum Gasteiger partial charge on any atom is -0.497 e. The molecule has 1 amide bonds. The van der Waals surface area contributed by atoms with Crippen molar-refractivity contribution in [3.63, 3.8) is 0 Å². The third kappa shape index (κ3) is 4.08. The highest BCUT2D eigenvalue weighted by Gasteiger charge is 2.46. The summed E-state index contributed by atoms with van der Waals surface area (Å²) < 4.78 is 42.5. The Kier molecular flexibility index (Phi) is 5.02. The zero-order valence-corrected chi connectivity index (χ0v) is 12.3. The lowest BCUT2D eigenvalue weighted by atomic mass is 10.0. The van der Waals surface area contributed by atoms with E-state index < -0.39 is 23.8 Å². The van der Waals surface area contributed by atoms with Gasteiger partial charge in [0.05, 0.1) is 13.0 Å². The summed E-state index contributed by atoms with van der Waals surface area (Å²) in [5.41, 5.74) is 2.52. The lowest BCUT2D eigenvalue weighted by Crippen LogP contribution is -2.33. The van der Waals surface area contributed by atoms with Crippen molar-refractivity contribution in [2.24, 2.45) is 11.0 Å². The fourth-order valence-electron chi connectivity index (χ4n) is 2.39. The highest BCUT2D eigenvalue weighted by molar-refractivity contribution is 6.08. The van der Waals surface area contributed by atoms with Crippen molar-refractivity contribution in [1.82, 2.24) is 5.43 Å². The molecule has 0 aromatic heterocycles. The molecule has 8 heteroatoms. The zero-order valence-electron chi connectivity index (χ0n) is 12.3. The Balaban J connectivity index is 2.09. The maximum absolute atomic E-state index is 12.5. The third-order valence-electron chi connectivity index (χ3n) is 3.56. The van der Waals surface area contributed by atoms with E-state index in [0.29, 0.717) is 12.2 Å². The van der Waals surface area contributed by atoms with Gasteiger partial charge in [0.2, 0.25) is 5.78 Å². The Morgan fingerprint density at radius 3 is 2.74 bits per heavy atom. The van der Waals surface area contributed by atoms with E-state index in [2.05, 4.69) is 10.5 Å². The van der Waals surface area contributed by atoms with Gasteiger partial charge in [-0.1, -0.05) is 6.07 Å². The smallest absolute Gasteiger partial charge is 0.450 e. The van der Waals surface area contributed by atoms with Gasteiger partial charge in [-0.2, -0.15) is 18.3 Å². The molecule has 0 saturated heterocycles. The summed E-state index contributed by atoms with van der Waals surface area (Å²) >= 11 is 0. The van der Waals surface area contributed by atoms with Crippen molar-refractivity contribution >= 4 is 17.4 Å². The van der Waals surface area contributed by atoms with Gasteiger partial charge in [0.15, 0.2) is 0 Å². The van der Waals surface area contributed by atoms with Gasteiger partial charge in [-0.25, -0.2) is 5.43 Å². The molecular weight excluding hydrogens is 313 g/mol. The SMILES string of the molecule is COc1cccc(C(=O)NN=C2CCCC2C(=O)C(F)(F)F)c1. The van der Waals surface area contributed by atoms with Crippen molar-refractivity contribution in [3.8, 4) is 5.75 Å². The second-order valence-electron chi connectivity index (χ2n) is 5.08. The molecule has 1 fully saturated rings. The molecule has 23 heavy (non-hydrogen) atoms. The van der Waals surface area contributed by atoms with E-state index in [4.69, 9.17) is 4.74 Å². The molecule has 1 aromatic rings. The lowest BCUT2D eigenvalue weighted by Gasteiger charge is -2.12. The average molecular weight is 328 g/mol. The van der Waals surface area contributed by atoms with E-state index in [1.807, 2.05) is 0 Å². The normalized spacial score (nSPS) is 19.7. The predicted molar refractivity (Wildman–Crippen MR) is 76.3 cm³/mol. The molecule has 0 spiro atoms. The van der Waals surface area contributed by atoms with E-state index in [1.165, 1.54) is 19.2 Å². The molecule has 1 N–H and O–H groups in total. The standard InChI is InChI=1S/C15H15F3N2O3/c1-23-10-5-2-4-9(8-10)14(22)20-19-12-7-3-6-11(12)13(21)15(16,17)18/h2,4-5,8,11H,3,6-7H2,1H3,(H,20,22). The monoisotopic (exact) mass is 328 g/mol. The molecule has 1 aliphatic carbocycles. The van der Waals surface area contributed by atoms with Crippen LogP contribution in [0.25, 0.3) is 0 Å². The number of halogens is 3. The van der Waals surface area contributed by atoms with Crippen molar-refractivity contribution in [2.75, 3.05) is 7.11 Å². The van der Waals surface area contributed by atoms with E-state index >= 15 is 0 Å². The molecule has 0 aliphatic heterocycles. The van der Waals surface area contributed by atoms with E-state index in [9.17, 15) is 22.8 Å². The number of amides is 1. The second kappa shape index (κ2) is 6.80. The lowest BCUT2D eigenvalue weighted by molar-refractivity contribution is -0.173. The van der Waals surface area contributed by atoms with E-state index in [1.54, 1.807) is 12.1 Å². The summed E-state index contributed by atoms with van der Waals surface area (Å²) in [7, 11) is 1.45. The van der Waals surface area contributed by atoms with Crippen LogP contribution >= 0.6 is 0 Å². The number of alkyl halides is 3. The van der Waals surface area contributed by atoms with Crippen LogP contribution in [0.4, 0.5) is 13.2 Å². The summed E-state index contributed by atoms with van der Waals surface area (Å²) in [5, 5.41) is 3.73. The number of nitrogens with zero attached hydrogens (tertiary/aromatic N) is 1. The van der Waals surface area contributed by atoms with Crippen LogP contribution in [-0.2, 0) is 4.79 Å². The number of benzene rings is 1. The van der Waals surface area contributed by atoms with Gasteiger partial charge in [-0.05, 0) is 37.5 Å². The van der Waals surface area contributed by atoms with Crippen molar-refractivity contribution in [1.29, 1.82) is 0 Å². The Labute approximate surface area is 130 Å². The molecule has 0 radical (unpaired) electrons. The maximum Gasteiger partial charge on any atom is 0.450 e. The molecule has 124 valence electrons. The van der Waals surface area contributed by atoms with Gasteiger partial charge in [0, 0.05) is 11.3 Å². The van der Waals surface area contributed by atoms with Crippen molar-refractivity contribution in [2.45, 2.75) is 25.4 Å². The first kappa shape index (κ1) is 17.0. The number of ether oxygens (including phenoxy) is 1. The highest BCUT2D eigenvalue weighted by Crippen LogP contribution is 2.30. The Morgan fingerprint density at radius 2 is 2.09 bits per heavy atom. The van der Waals surface area contributed by atoms with Gasteiger partial charge >= 0.3 is 6.18 Å². The van der Waals surface area contributed by atoms with E-state index in [0.717, 1.165) is 0 Å². The molecule has 1 atom stereocenters. The largest absolute Gasteiger partial charge is 0.497 e. The van der Waals surface area contributed by atoms with Crippen LogP contribution in [-0.4, -0.2) is 30.7 Å². The molecule has 1 saturated carbocycles. The number of carbonyl (C=O) groups is 2. The second-order valence-corrected chi connectivity index (χ2v) is 5.08. The number of hydrazone groups is 1. The van der Waals surface area contributed by atoms with Gasteiger partial charge in [0.1, 0.15) is 5.75 Å². The molecule has 0 heterocycles. The fourth-order valence-corrected chi connectivity index (χ4v) is 2.39. The maximum atomic E-state index is 12.5. The number of Topliss-reactive ketones (excluding diaryl/α,β-unsaturated/α-hetero) is 1. The van der Waals surface area contributed by atoms with Gasteiger partial charge in [-0.15, -0.1) is 0 Å². The van der Waals surface area contributed by atoms with Crippen LogP contribution in [0.1, 0.15) is 29.6 Å². The predicted octanol–water partition coefficient (Wildman–Crippen LogP) is 2.71. The summed E-state index contributed by atoms with van der Waals surface area (Å²) in [6, 6.07) is 6.25. The third-order valence-corrected chi connectivity index (χ3v) is 3.56. The fraction of sp³-hybridized carbons (Fsp3) is 0.400. The van der Waals surface area contributed by atoms with Crippen LogP contribution in [0.3, 0.4) is 0 Å². The molecule has 1 aromatic carbocycles. The van der Waals surface area contributed by atoms with Crippen LogP contribution in [0, 0.1) is 5.92 Å². The van der Waals surface area contributed by atoms with Gasteiger partial charge < -0.3 is 4.74 Å². The van der Waals surface area contributed by atoms with E-state index in [-0.39, 0.29) is 24.1 Å². The van der Waals surface area contributed by atoms with Gasteiger partial charge in [-0.3, -0.25) is 9.59 Å². The van der Waals surface area contributed by atoms with Crippen molar-refractivity contribution in [3.05, 3.63) is 29.8 Å². The van der Waals surface area contributed by atoms with Crippen LogP contribution < -0.4 is 10.2 Å². The molecule has 1 unspecified atom stereocenters. The Hall–Kier alpha value is -2.38. The first-order valence-electron chi connectivity index (χ1n) is 6.95. The quantitative estimate of drug-likeness (QED) is 0.864. The summed E-state index contributed by atoms with van der Waals surface area (Å²) in [6.07, 6.45) is -4.12. The molecule has 5 nitrogen and oxygen atoms in total. The number of nitrogens with one attached hydrogen (secondary N) is 1. The minimum absolute atomic E-state index is 0.0589. The van der Waals surface area contributed by atoms with Gasteiger partial charge in [0.25, 0.3) is 5.91 Å². The number of carbonyl (C=O) groups excluding carboxylic acids is 2. The Bertz CT molecular complexity index is 641. The highest BCUT2D eigenvalue weighted by atomic mass is 19.4. The number of methoxy groups -OCH3 is 1. The van der Waals surface area contributed by atoms with Crippen LogP contribution in [0.5, 0.6) is 5.75 Å². The zero-order chi connectivity index (χ0) is 17.0. The number of hydrogen-bond acceptors (Lipinski definition) is 4. The number of rotatable bonds is 4. The summed E-state index contributed by atoms with van der Waals surface area (Å²) in [4.78, 5) is 23.3. The molecule has 0 bridgehead atoms. The average Bonchev–Trinajstić information content (AvgIpc) is 2.99. The summed E-state index contributed by atoms with van der Waals surface area (Å²) in [5.74, 6) is -3.23. The first-order chi connectivity index (χ1) is 10.8. The van der Waals surface area contributed by atoms with Crippen molar-refractivity contribution < 1.29 is 27.5 Å². The number of hydrogen-bond donors (Lipinski definition) is 1. The minimum atomic E-state index is -4.90. The first-order valence-corrected chi connectivity index (χ1v) is 6.95. The van der Waals surface area contributed by atoms with Crippen LogP contribution in [0.2, 0.25) is 0 Å². The molecule has 2 rings (SSSR count). The number of ketones is 1. The van der Waals surface area contributed by atoms with Crippen LogP contribution in [0.15, 0.2) is 29.4 Å². The molecular formula is C15H15F3N2O3. The topological polar surface area (TPSA) is 67.8 Å². The molecule has 1 aliphatic rings.